The number of carboxylic acids is 4. The van der Waals surface area contributed by atoms with Gasteiger partial charge in [0.2, 0.25) is 11.8 Å². The number of rotatable bonds is 13. The molecule has 16 heteroatoms. The summed E-state index contributed by atoms with van der Waals surface area (Å²) < 4.78 is 15.9. The standard InChI is InChI=1S/C22H31N3O.C17H23N3O.2C2H2O4/c1-2-8-19(9-3-1)20-11-15-24(16-12-20)13-6-7-17-26-22-18-21-10-4-5-14-25(21)23-22;1-19(14-15-7-3-2-4-8-15)11-12-21-17-13-16-9-5-6-10-20(16)18-17;2*3-1(4)2(5)6/h1-3,8-9,18,20H,4-7,10-17H2;2-4,7-8,13H,5-6,9-12,14H2,1H3;2*(H,3,4)(H,5,6). The Balaban J connectivity index is 0.000000207. The summed E-state index contributed by atoms with van der Waals surface area (Å²) in [6, 6.07) is 25.7. The second-order valence-electron chi connectivity index (χ2n) is 14.7. The number of piperidine rings is 1. The Morgan fingerprint density at radius 3 is 1.64 bits per heavy atom. The van der Waals surface area contributed by atoms with Gasteiger partial charge in [-0.3, -0.25) is 14.3 Å². The first-order chi connectivity index (χ1) is 28.5. The highest BCUT2D eigenvalue weighted by Crippen LogP contribution is 2.28. The minimum absolute atomic E-state index is 0.680. The number of unbranched alkanes of at least 4 members (excludes halogenated alkanes) is 1. The smallest absolute Gasteiger partial charge is 0.414 e. The van der Waals surface area contributed by atoms with Crippen molar-refractivity contribution in [2.75, 3.05) is 46.4 Å². The monoisotopic (exact) mass is 818 g/mol. The molecular formula is C43H58N6O10. The van der Waals surface area contributed by atoms with Crippen LogP contribution in [0.2, 0.25) is 0 Å². The van der Waals surface area contributed by atoms with E-state index in [1.807, 2.05) is 6.07 Å². The number of fused-ring (bicyclic) bond motifs is 2. The van der Waals surface area contributed by atoms with Crippen molar-refractivity contribution in [1.82, 2.24) is 29.4 Å². The Morgan fingerprint density at radius 1 is 0.661 bits per heavy atom. The fraction of sp³-hybridized carbons (Fsp3) is 0.488. The molecule has 1 saturated heterocycles. The highest BCUT2D eigenvalue weighted by molar-refractivity contribution is 6.27. The van der Waals surface area contributed by atoms with E-state index in [4.69, 9.17) is 49.1 Å². The third-order valence-corrected chi connectivity index (χ3v) is 10.1. The molecule has 4 aromatic rings. The maximum absolute atomic E-state index is 9.10. The van der Waals surface area contributed by atoms with Crippen molar-refractivity contribution >= 4 is 23.9 Å². The molecule has 3 aliphatic rings. The molecule has 4 N–H and O–H groups in total. The molecule has 0 aliphatic carbocycles. The quantitative estimate of drug-likeness (QED) is 0.0998. The van der Waals surface area contributed by atoms with Crippen LogP contribution in [-0.4, -0.2) is 120 Å². The number of aromatic nitrogens is 4. The molecule has 0 amide bonds. The van der Waals surface area contributed by atoms with E-state index in [1.165, 1.54) is 87.1 Å². The van der Waals surface area contributed by atoms with E-state index >= 15 is 0 Å². The number of hydrogen-bond donors (Lipinski definition) is 4. The average molecular weight is 819 g/mol. The number of carbonyl (C=O) groups is 4. The second-order valence-corrected chi connectivity index (χ2v) is 14.7. The Morgan fingerprint density at radius 2 is 1.15 bits per heavy atom. The number of aryl methyl sites for hydroxylation is 4. The van der Waals surface area contributed by atoms with Crippen LogP contribution in [0.3, 0.4) is 0 Å². The maximum atomic E-state index is 9.10. The van der Waals surface area contributed by atoms with Crippen molar-refractivity contribution in [3.05, 3.63) is 95.3 Å². The van der Waals surface area contributed by atoms with Gasteiger partial charge in [0, 0.05) is 49.7 Å². The van der Waals surface area contributed by atoms with Gasteiger partial charge in [0.25, 0.3) is 0 Å². The first kappa shape index (κ1) is 46.0. The first-order valence-corrected chi connectivity index (χ1v) is 20.3. The lowest BCUT2D eigenvalue weighted by molar-refractivity contribution is -0.159. The van der Waals surface area contributed by atoms with Crippen LogP contribution in [0.5, 0.6) is 11.8 Å². The van der Waals surface area contributed by atoms with Gasteiger partial charge in [-0.05, 0) is 108 Å². The molecule has 0 saturated carbocycles. The van der Waals surface area contributed by atoms with E-state index in [0.29, 0.717) is 6.61 Å². The van der Waals surface area contributed by atoms with Crippen LogP contribution in [0, 0.1) is 0 Å². The van der Waals surface area contributed by atoms with E-state index in [2.05, 4.69) is 103 Å². The van der Waals surface area contributed by atoms with Gasteiger partial charge >= 0.3 is 23.9 Å². The van der Waals surface area contributed by atoms with Gasteiger partial charge in [0.05, 0.1) is 6.61 Å². The summed E-state index contributed by atoms with van der Waals surface area (Å²) >= 11 is 0. The third-order valence-electron chi connectivity index (χ3n) is 10.1. The number of likely N-dealkylation sites (N-methyl/N-ethyl adjacent to an activating group) is 1. The normalized spacial score (nSPS) is 14.7. The summed E-state index contributed by atoms with van der Waals surface area (Å²) in [5, 5.41) is 38.6. The van der Waals surface area contributed by atoms with Crippen LogP contribution in [0.1, 0.15) is 79.8 Å². The highest BCUT2D eigenvalue weighted by atomic mass is 16.5. The number of carboxylic acid groups (broad SMARTS) is 4. The lowest BCUT2D eigenvalue weighted by Gasteiger charge is -2.32. The number of hydrogen-bond acceptors (Lipinski definition) is 10. The van der Waals surface area contributed by atoms with Crippen molar-refractivity contribution in [2.24, 2.45) is 0 Å². The van der Waals surface area contributed by atoms with E-state index in [1.54, 1.807) is 0 Å². The van der Waals surface area contributed by atoms with E-state index in [9.17, 15) is 0 Å². The minimum atomic E-state index is -1.82. The van der Waals surface area contributed by atoms with Crippen LogP contribution in [0.15, 0.2) is 72.8 Å². The van der Waals surface area contributed by atoms with Crippen molar-refractivity contribution in [1.29, 1.82) is 0 Å². The first-order valence-electron chi connectivity index (χ1n) is 20.3. The molecule has 320 valence electrons. The zero-order valence-corrected chi connectivity index (χ0v) is 33.9. The van der Waals surface area contributed by atoms with Gasteiger partial charge in [0.1, 0.15) is 6.61 Å². The topological polar surface area (TPSA) is 210 Å². The zero-order chi connectivity index (χ0) is 42.4. The van der Waals surface area contributed by atoms with E-state index < -0.39 is 23.9 Å². The fourth-order valence-electron chi connectivity index (χ4n) is 7.03. The Bertz CT molecular complexity index is 1780. The minimum Gasteiger partial charge on any atom is -0.477 e. The van der Waals surface area contributed by atoms with Gasteiger partial charge in [-0.2, -0.15) is 0 Å². The molecule has 0 unspecified atom stereocenters. The number of nitrogens with zero attached hydrogens (tertiary/aromatic N) is 6. The highest BCUT2D eigenvalue weighted by Gasteiger charge is 2.20. The lowest BCUT2D eigenvalue weighted by atomic mass is 9.89. The summed E-state index contributed by atoms with van der Waals surface area (Å²) in [6.45, 7) is 9.06. The number of ether oxygens (including phenoxy) is 2. The summed E-state index contributed by atoms with van der Waals surface area (Å²) in [4.78, 5) is 41.3. The SMILES string of the molecule is CN(CCOc1cc2n(n1)CCCC2)Cc1ccccc1.O=C(O)C(=O)O.O=C(O)C(=O)O.c1ccc(C2CCN(CCCCOc3cc4n(n3)CCCC4)CC2)cc1. The van der Waals surface area contributed by atoms with Crippen molar-refractivity contribution < 1.29 is 49.1 Å². The molecule has 1 fully saturated rings. The van der Waals surface area contributed by atoms with Crippen molar-refractivity contribution in [2.45, 2.75) is 89.8 Å². The molecule has 0 bridgehead atoms. The predicted octanol–water partition coefficient (Wildman–Crippen LogP) is 5.30. The van der Waals surface area contributed by atoms with Gasteiger partial charge in [-0.1, -0.05) is 60.7 Å². The molecule has 7 rings (SSSR count). The predicted molar refractivity (Wildman–Crippen MR) is 219 cm³/mol. The largest absolute Gasteiger partial charge is 0.477 e. The van der Waals surface area contributed by atoms with Gasteiger partial charge in [0.15, 0.2) is 0 Å². The molecule has 5 heterocycles. The van der Waals surface area contributed by atoms with Crippen LogP contribution >= 0.6 is 0 Å². The molecule has 0 atom stereocenters. The van der Waals surface area contributed by atoms with Crippen LogP contribution < -0.4 is 9.47 Å². The average Bonchev–Trinajstić information content (AvgIpc) is 3.86. The molecule has 2 aromatic carbocycles. The Labute approximate surface area is 345 Å². The molecule has 16 nitrogen and oxygen atoms in total. The van der Waals surface area contributed by atoms with Crippen LogP contribution in [0.4, 0.5) is 0 Å². The zero-order valence-electron chi connectivity index (χ0n) is 33.9. The third kappa shape index (κ3) is 16.9. The number of likely N-dealkylation sites (tertiary alicyclic amines) is 1. The molecule has 0 spiro atoms. The number of benzene rings is 2. The lowest BCUT2D eigenvalue weighted by Crippen LogP contribution is -2.33. The summed E-state index contributed by atoms with van der Waals surface area (Å²) in [6.07, 6.45) is 12.2. The van der Waals surface area contributed by atoms with Gasteiger partial charge in [-0.15, -0.1) is 10.2 Å². The molecule has 3 aliphatic heterocycles. The molecule has 2 aromatic heterocycles. The van der Waals surface area contributed by atoms with Gasteiger partial charge < -0.3 is 34.8 Å². The van der Waals surface area contributed by atoms with Crippen LogP contribution in [0.25, 0.3) is 0 Å². The molecule has 0 radical (unpaired) electrons. The van der Waals surface area contributed by atoms with E-state index in [-0.39, 0.29) is 0 Å². The van der Waals surface area contributed by atoms with E-state index in [0.717, 1.165) is 69.7 Å². The summed E-state index contributed by atoms with van der Waals surface area (Å²) in [7, 11) is 2.12. The summed E-state index contributed by atoms with van der Waals surface area (Å²) in [5.41, 5.74) is 5.50. The molecule has 59 heavy (non-hydrogen) atoms. The maximum Gasteiger partial charge on any atom is 0.414 e. The Hall–Kier alpha value is -5.74. The molecular weight excluding hydrogens is 761 g/mol. The fourth-order valence-corrected chi connectivity index (χ4v) is 7.03. The van der Waals surface area contributed by atoms with Gasteiger partial charge in [-0.25, -0.2) is 19.2 Å². The second kappa shape index (κ2) is 24.9. The van der Waals surface area contributed by atoms with Crippen molar-refractivity contribution in [3.8, 4) is 11.8 Å². The number of aliphatic carboxylic acids is 4. The summed E-state index contributed by atoms with van der Waals surface area (Å²) in [5.74, 6) is -4.94. The van der Waals surface area contributed by atoms with Crippen LogP contribution in [-0.2, 0) is 51.7 Å². The Kier molecular flexibility index (Phi) is 19.4. The van der Waals surface area contributed by atoms with Crippen molar-refractivity contribution in [3.63, 3.8) is 0 Å².